The van der Waals surface area contributed by atoms with Crippen LogP contribution in [-0.4, -0.2) is 0 Å². The van der Waals surface area contributed by atoms with Gasteiger partial charge in [-0.2, -0.15) is 0 Å². The molecule has 0 fully saturated rings. The number of nitrogens with zero attached hydrogens (tertiary/aromatic N) is 1. The largest absolute Gasteiger partial charge is 0.454 e. The van der Waals surface area contributed by atoms with Crippen molar-refractivity contribution < 1.29 is 4.42 Å². The van der Waals surface area contributed by atoms with Gasteiger partial charge in [0.2, 0.25) is 0 Å². The normalized spacial score (nSPS) is 11.3. The number of hydrogen-bond acceptors (Lipinski definition) is 2. The third-order valence-corrected chi connectivity index (χ3v) is 11.7. The Labute approximate surface area is 349 Å². The van der Waals surface area contributed by atoms with Gasteiger partial charge in [-0.15, -0.1) is 0 Å². The lowest BCUT2D eigenvalue weighted by molar-refractivity contribution is 0.669. The van der Waals surface area contributed by atoms with E-state index in [1.807, 2.05) is 12.1 Å². The van der Waals surface area contributed by atoms with Crippen molar-refractivity contribution in [3.63, 3.8) is 0 Å². The second-order valence-electron chi connectivity index (χ2n) is 15.3. The molecule has 1 heterocycles. The molecule has 2 heteroatoms. The maximum Gasteiger partial charge on any atom is 0.159 e. The highest BCUT2D eigenvalue weighted by Gasteiger charge is 2.20. The summed E-state index contributed by atoms with van der Waals surface area (Å²) in [7, 11) is 0. The zero-order chi connectivity index (χ0) is 39.8. The van der Waals surface area contributed by atoms with E-state index >= 15 is 0 Å². The summed E-state index contributed by atoms with van der Waals surface area (Å²) >= 11 is 0. The zero-order valence-electron chi connectivity index (χ0n) is 32.9. The summed E-state index contributed by atoms with van der Waals surface area (Å²) in [4.78, 5) is 2.32. The van der Waals surface area contributed by atoms with E-state index in [2.05, 4.69) is 229 Å². The Morgan fingerprint density at radius 2 is 0.733 bits per heavy atom. The van der Waals surface area contributed by atoms with E-state index in [-0.39, 0.29) is 0 Å². The van der Waals surface area contributed by atoms with Gasteiger partial charge in [-0.25, -0.2) is 0 Å². The van der Waals surface area contributed by atoms with Crippen LogP contribution in [0.1, 0.15) is 0 Å². The van der Waals surface area contributed by atoms with Crippen LogP contribution in [0.5, 0.6) is 0 Å². The smallest absolute Gasteiger partial charge is 0.159 e. The Bertz CT molecular complexity index is 3230. The van der Waals surface area contributed by atoms with Crippen molar-refractivity contribution in [2.45, 2.75) is 0 Å². The van der Waals surface area contributed by atoms with E-state index in [9.17, 15) is 0 Å². The predicted octanol–water partition coefficient (Wildman–Crippen LogP) is 16.5. The fourth-order valence-corrected chi connectivity index (χ4v) is 8.67. The number of anilines is 3. The molecule has 0 spiro atoms. The highest BCUT2D eigenvalue weighted by Crippen LogP contribution is 2.43. The standard InChI is InChI=1S/C58H39NO/c1-3-14-40(15-4-1)47-37-48(41-16-5-2-6-17-41)39-49(38-47)43-30-34-51(35-31-43)59(56-26-13-25-55-54-23-9-10-27-57(54)60-58(55)56)50-32-28-42(29-33-50)45-20-11-21-46(36-45)53-24-12-19-44-18-7-8-22-52(44)53/h1-39H. The van der Waals surface area contributed by atoms with E-state index in [1.54, 1.807) is 0 Å². The second kappa shape index (κ2) is 15.1. The molecule has 10 aromatic carbocycles. The van der Waals surface area contributed by atoms with Gasteiger partial charge in [-0.1, -0.05) is 176 Å². The molecular weight excluding hydrogens is 727 g/mol. The third kappa shape index (κ3) is 6.51. The maximum atomic E-state index is 6.65. The van der Waals surface area contributed by atoms with Crippen LogP contribution in [0.2, 0.25) is 0 Å². The van der Waals surface area contributed by atoms with Gasteiger partial charge in [0.1, 0.15) is 5.58 Å². The molecule has 0 N–H and O–H groups in total. The van der Waals surface area contributed by atoms with Crippen LogP contribution in [0.3, 0.4) is 0 Å². The number of hydrogen-bond donors (Lipinski definition) is 0. The molecule has 0 aliphatic carbocycles. The number of para-hydroxylation sites is 2. The Balaban J connectivity index is 1.01. The zero-order valence-corrected chi connectivity index (χ0v) is 32.9. The topological polar surface area (TPSA) is 16.4 Å². The summed E-state index contributed by atoms with van der Waals surface area (Å²) in [5.74, 6) is 0. The first-order chi connectivity index (χ1) is 29.7. The number of benzene rings is 10. The summed E-state index contributed by atoms with van der Waals surface area (Å²) in [5.41, 5.74) is 16.7. The molecular formula is C58H39NO. The van der Waals surface area contributed by atoms with Crippen LogP contribution < -0.4 is 4.90 Å². The first-order valence-electron chi connectivity index (χ1n) is 20.5. The summed E-state index contributed by atoms with van der Waals surface area (Å²) in [6, 6.07) is 84.8. The van der Waals surface area contributed by atoms with Gasteiger partial charge in [0.05, 0.1) is 5.69 Å². The molecule has 2 nitrogen and oxygen atoms in total. The molecule has 0 atom stereocenters. The van der Waals surface area contributed by atoms with Crippen molar-refractivity contribution in [2.24, 2.45) is 0 Å². The van der Waals surface area contributed by atoms with E-state index in [0.29, 0.717) is 0 Å². The van der Waals surface area contributed by atoms with E-state index in [0.717, 1.165) is 50.1 Å². The minimum atomic E-state index is 0.859. The summed E-state index contributed by atoms with van der Waals surface area (Å²) in [6.45, 7) is 0. The van der Waals surface area contributed by atoms with Gasteiger partial charge in [-0.05, 0) is 127 Å². The quantitative estimate of drug-likeness (QED) is 0.153. The first-order valence-corrected chi connectivity index (χ1v) is 20.5. The van der Waals surface area contributed by atoms with Crippen LogP contribution in [0.4, 0.5) is 17.1 Å². The van der Waals surface area contributed by atoms with Crippen LogP contribution >= 0.6 is 0 Å². The lowest BCUT2D eigenvalue weighted by Gasteiger charge is -2.26. The SMILES string of the molecule is c1ccc(-c2cc(-c3ccccc3)cc(-c3ccc(N(c4ccc(-c5cccc(-c6cccc7ccccc67)c5)cc4)c4cccc5c4oc4ccccc45)cc3)c2)cc1. The number of fused-ring (bicyclic) bond motifs is 4. The van der Waals surface area contributed by atoms with E-state index in [4.69, 9.17) is 4.42 Å². The lowest BCUT2D eigenvalue weighted by Crippen LogP contribution is -2.10. The van der Waals surface area contributed by atoms with E-state index < -0.39 is 0 Å². The molecule has 0 saturated carbocycles. The fourth-order valence-electron chi connectivity index (χ4n) is 8.67. The molecule has 282 valence electrons. The molecule has 0 radical (unpaired) electrons. The minimum Gasteiger partial charge on any atom is -0.454 e. The molecule has 0 amide bonds. The minimum absolute atomic E-state index is 0.859. The molecule has 11 aromatic rings. The van der Waals surface area contributed by atoms with Gasteiger partial charge in [0.25, 0.3) is 0 Å². The average molecular weight is 766 g/mol. The van der Waals surface area contributed by atoms with Crippen molar-refractivity contribution in [3.8, 4) is 55.6 Å². The first kappa shape index (κ1) is 35.2. The molecule has 0 saturated heterocycles. The van der Waals surface area contributed by atoms with Gasteiger partial charge < -0.3 is 9.32 Å². The van der Waals surface area contributed by atoms with Gasteiger partial charge in [-0.3, -0.25) is 0 Å². The monoisotopic (exact) mass is 765 g/mol. The molecule has 0 bridgehead atoms. The predicted molar refractivity (Wildman–Crippen MR) is 253 cm³/mol. The van der Waals surface area contributed by atoms with Crippen molar-refractivity contribution in [3.05, 3.63) is 237 Å². The Hall–Kier alpha value is -7.94. The fraction of sp³-hybridized carbons (Fsp3) is 0. The number of rotatable bonds is 8. The van der Waals surface area contributed by atoms with Crippen LogP contribution in [0.25, 0.3) is 88.3 Å². The highest BCUT2D eigenvalue weighted by atomic mass is 16.3. The Kier molecular flexibility index (Phi) is 8.87. The Morgan fingerprint density at radius 1 is 0.283 bits per heavy atom. The second-order valence-corrected chi connectivity index (χ2v) is 15.3. The molecule has 60 heavy (non-hydrogen) atoms. The molecule has 1 aromatic heterocycles. The van der Waals surface area contributed by atoms with Crippen LogP contribution in [0.15, 0.2) is 241 Å². The van der Waals surface area contributed by atoms with E-state index in [1.165, 1.54) is 55.3 Å². The highest BCUT2D eigenvalue weighted by molar-refractivity contribution is 6.10. The van der Waals surface area contributed by atoms with Crippen molar-refractivity contribution in [1.29, 1.82) is 0 Å². The molecule has 0 unspecified atom stereocenters. The van der Waals surface area contributed by atoms with Crippen molar-refractivity contribution in [1.82, 2.24) is 0 Å². The summed E-state index contributed by atoms with van der Waals surface area (Å²) < 4.78 is 6.65. The molecule has 11 rings (SSSR count). The van der Waals surface area contributed by atoms with Crippen LogP contribution in [-0.2, 0) is 0 Å². The van der Waals surface area contributed by atoms with Gasteiger partial charge in [0.15, 0.2) is 5.58 Å². The van der Waals surface area contributed by atoms with Crippen molar-refractivity contribution in [2.75, 3.05) is 4.90 Å². The Morgan fingerprint density at radius 3 is 1.40 bits per heavy atom. The molecule has 0 aliphatic rings. The number of furan rings is 1. The van der Waals surface area contributed by atoms with Crippen LogP contribution in [0, 0.1) is 0 Å². The van der Waals surface area contributed by atoms with Crippen molar-refractivity contribution >= 4 is 49.8 Å². The summed E-state index contributed by atoms with van der Waals surface area (Å²) in [5, 5.41) is 4.71. The molecule has 0 aliphatic heterocycles. The van der Waals surface area contributed by atoms with Gasteiger partial charge in [0, 0.05) is 22.1 Å². The van der Waals surface area contributed by atoms with Gasteiger partial charge >= 0.3 is 0 Å². The maximum absolute atomic E-state index is 6.65. The third-order valence-electron chi connectivity index (χ3n) is 11.7. The average Bonchev–Trinajstić information content (AvgIpc) is 3.72. The lowest BCUT2D eigenvalue weighted by atomic mass is 9.93. The summed E-state index contributed by atoms with van der Waals surface area (Å²) in [6.07, 6.45) is 0.